The molecule has 1 aromatic carbocycles. The van der Waals surface area contributed by atoms with E-state index in [1.807, 2.05) is 25.1 Å². The van der Waals surface area contributed by atoms with Crippen molar-refractivity contribution in [3.63, 3.8) is 0 Å². The van der Waals surface area contributed by atoms with Gasteiger partial charge < -0.3 is 29.7 Å². The maximum Gasteiger partial charge on any atom is 0.414 e. The Hall–Kier alpha value is -1.87. The molecule has 8 nitrogen and oxygen atoms in total. The predicted octanol–water partition coefficient (Wildman–Crippen LogP) is 1.44. The van der Waals surface area contributed by atoms with Gasteiger partial charge in [0.15, 0.2) is 0 Å². The van der Waals surface area contributed by atoms with E-state index < -0.39 is 11.9 Å². The summed E-state index contributed by atoms with van der Waals surface area (Å²) in [5.41, 5.74) is 1.02. The normalized spacial score (nSPS) is 9.88. The van der Waals surface area contributed by atoms with Crippen molar-refractivity contribution in [2.24, 2.45) is 0 Å². The van der Waals surface area contributed by atoms with E-state index in [0.717, 1.165) is 36.0 Å². The molecule has 0 aliphatic heterocycles. The van der Waals surface area contributed by atoms with Crippen molar-refractivity contribution >= 4 is 23.5 Å². The maximum atomic E-state index is 9.10. The number of aryl methyl sites for hydroxylation is 1. The van der Waals surface area contributed by atoms with Crippen molar-refractivity contribution < 1.29 is 34.0 Å². The van der Waals surface area contributed by atoms with Crippen LogP contribution >= 0.6 is 11.6 Å². The minimum Gasteiger partial charge on any atom is -0.491 e. The van der Waals surface area contributed by atoms with E-state index in [4.69, 9.17) is 45.6 Å². The fourth-order valence-electron chi connectivity index (χ4n) is 1.47. The second kappa shape index (κ2) is 14.5. The van der Waals surface area contributed by atoms with Crippen LogP contribution in [0.25, 0.3) is 0 Å². The van der Waals surface area contributed by atoms with Gasteiger partial charge in [0, 0.05) is 25.2 Å². The van der Waals surface area contributed by atoms with Gasteiger partial charge in [-0.3, -0.25) is 0 Å². The van der Waals surface area contributed by atoms with Crippen molar-refractivity contribution in [2.75, 3.05) is 46.6 Å². The van der Waals surface area contributed by atoms with Crippen LogP contribution in [0.1, 0.15) is 5.56 Å². The topological polar surface area (TPSA) is 114 Å². The number of carbonyl (C=O) groups is 2. The lowest BCUT2D eigenvalue weighted by atomic mass is 10.2. The van der Waals surface area contributed by atoms with Gasteiger partial charge in [-0.25, -0.2) is 9.59 Å². The number of benzene rings is 1. The van der Waals surface area contributed by atoms with Crippen molar-refractivity contribution in [2.45, 2.75) is 6.92 Å². The molecule has 3 N–H and O–H groups in total. The summed E-state index contributed by atoms with van der Waals surface area (Å²) in [4.78, 5) is 18.2. The first kappa shape index (κ1) is 23.1. The van der Waals surface area contributed by atoms with Crippen LogP contribution in [0.15, 0.2) is 18.2 Å². The summed E-state index contributed by atoms with van der Waals surface area (Å²) >= 11 is 5.94. The van der Waals surface area contributed by atoms with Crippen LogP contribution in [-0.2, 0) is 19.1 Å². The summed E-state index contributed by atoms with van der Waals surface area (Å²) in [6, 6.07) is 5.63. The number of ether oxygens (including phenoxy) is 3. The number of hydrogen-bond donors (Lipinski definition) is 3. The Kier molecular flexibility index (Phi) is 13.4. The van der Waals surface area contributed by atoms with Gasteiger partial charge >= 0.3 is 11.9 Å². The second-order valence-corrected chi connectivity index (χ2v) is 5.13. The third-order valence-corrected chi connectivity index (χ3v) is 3.14. The van der Waals surface area contributed by atoms with Gasteiger partial charge in [-0.1, -0.05) is 11.6 Å². The zero-order chi connectivity index (χ0) is 19.1. The quantitative estimate of drug-likeness (QED) is 0.414. The molecule has 0 spiro atoms. The van der Waals surface area contributed by atoms with Crippen LogP contribution in [0.5, 0.6) is 5.75 Å². The maximum absolute atomic E-state index is 9.10. The molecule has 0 atom stereocenters. The average molecular weight is 378 g/mol. The number of rotatable bonds is 10. The predicted molar refractivity (Wildman–Crippen MR) is 92.5 cm³/mol. The second-order valence-electron chi connectivity index (χ2n) is 4.72. The Bertz CT molecular complexity index is 513. The minimum atomic E-state index is -1.82. The SMILES string of the molecule is COCCNCCOCCOc1ccc(Cl)c(C)c1.O=C(O)C(=O)O. The summed E-state index contributed by atoms with van der Waals surface area (Å²) in [7, 11) is 1.69. The lowest BCUT2D eigenvalue weighted by molar-refractivity contribution is -0.159. The number of halogens is 1. The van der Waals surface area contributed by atoms with Crippen LogP contribution < -0.4 is 10.1 Å². The van der Waals surface area contributed by atoms with Gasteiger partial charge in [-0.2, -0.15) is 0 Å². The fraction of sp³-hybridized carbons (Fsp3) is 0.500. The molecule has 1 aromatic rings. The Morgan fingerprint density at radius 3 is 2.28 bits per heavy atom. The Morgan fingerprint density at radius 2 is 1.72 bits per heavy atom. The molecule has 0 radical (unpaired) electrons. The first-order chi connectivity index (χ1) is 11.9. The molecule has 9 heteroatoms. The number of carboxylic acids is 2. The molecule has 0 fully saturated rings. The highest BCUT2D eigenvalue weighted by atomic mass is 35.5. The number of nitrogens with one attached hydrogen (secondary N) is 1. The van der Waals surface area contributed by atoms with Gasteiger partial charge in [0.05, 0.1) is 19.8 Å². The van der Waals surface area contributed by atoms with Crippen LogP contribution in [0.4, 0.5) is 0 Å². The molecule has 0 unspecified atom stereocenters. The molecule has 0 amide bonds. The molecule has 142 valence electrons. The molecule has 0 saturated carbocycles. The first-order valence-electron chi connectivity index (χ1n) is 7.51. The third kappa shape index (κ3) is 13.1. The van der Waals surface area contributed by atoms with E-state index in [-0.39, 0.29) is 0 Å². The van der Waals surface area contributed by atoms with Crippen molar-refractivity contribution in [1.29, 1.82) is 0 Å². The van der Waals surface area contributed by atoms with E-state index in [9.17, 15) is 0 Å². The molecule has 0 bridgehead atoms. The zero-order valence-electron chi connectivity index (χ0n) is 14.3. The summed E-state index contributed by atoms with van der Waals surface area (Å²) in [6.45, 7) is 6.14. The van der Waals surface area contributed by atoms with Gasteiger partial charge in [-0.05, 0) is 30.7 Å². The highest BCUT2D eigenvalue weighted by Crippen LogP contribution is 2.20. The highest BCUT2D eigenvalue weighted by molar-refractivity contribution is 6.31. The van der Waals surface area contributed by atoms with Gasteiger partial charge in [0.25, 0.3) is 0 Å². The largest absolute Gasteiger partial charge is 0.491 e. The fourth-order valence-corrected chi connectivity index (χ4v) is 1.59. The smallest absolute Gasteiger partial charge is 0.414 e. The van der Waals surface area contributed by atoms with Crippen molar-refractivity contribution in [1.82, 2.24) is 5.32 Å². The number of carboxylic acid groups (broad SMARTS) is 2. The van der Waals surface area contributed by atoms with Crippen LogP contribution in [0.3, 0.4) is 0 Å². The Balaban J connectivity index is 0.000000823. The third-order valence-electron chi connectivity index (χ3n) is 2.71. The molecular formula is C16H24ClNO7. The number of aliphatic carboxylic acids is 2. The zero-order valence-corrected chi connectivity index (χ0v) is 15.0. The number of methoxy groups -OCH3 is 1. The van der Waals surface area contributed by atoms with Crippen molar-refractivity contribution in [3.05, 3.63) is 28.8 Å². The molecular weight excluding hydrogens is 354 g/mol. The Morgan fingerprint density at radius 1 is 1.08 bits per heavy atom. The van der Waals surface area contributed by atoms with Crippen molar-refractivity contribution in [3.8, 4) is 5.75 Å². The minimum absolute atomic E-state index is 0.541. The van der Waals surface area contributed by atoms with Gasteiger partial charge in [-0.15, -0.1) is 0 Å². The molecule has 0 aromatic heterocycles. The van der Waals surface area contributed by atoms with Crippen LogP contribution in [0.2, 0.25) is 5.02 Å². The summed E-state index contributed by atoms with van der Waals surface area (Å²) in [6.07, 6.45) is 0. The Labute approximate surface area is 151 Å². The standard InChI is InChI=1S/C14H22ClNO3.C2H2O4/c1-12-11-13(3-4-14(12)15)19-10-9-18-8-6-16-5-7-17-2;3-1(4)2(5)6/h3-4,11,16H,5-10H2,1-2H3;(H,3,4)(H,5,6). The van der Waals surface area contributed by atoms with E-state index >= 15 is 0 Å². The van der Waals surface area contributed by atoms with E-state index in [1.165, 1.54) is 0 Å². The lowest BCUT2D eigenvalue weighted by Gasteiger charge is -2.09. The molecule has 25 heavy (non-hydrogen) atoms. The molecule has 1 rings (SSSR count). The lowest BCUT2D eigenvalue weighted by Crippen LogP contribution is -2.24. The first-order valence-corrected chi connectivity index (χ1v) is 7.88. The summed E-state index contributed by atoms with van der Waals surface area (Å²) < 4.78 is 15.9. The van der Waals surface area contributed by atoms with Gasteiger partial charge in [0.2, 0.25) is 0 Å². The molecule has 0 aliphatic rings. The molecule has 0 aliphatic carbocycles. The van der Waals surface area contributed by atoms with Crippen LogP contribution in [0, 0.1) is 6.92 Å². The highest BCUT2D eigenvalue weighted by Gasteiger charge is 2.04. The van der Waals surface area contributed by atoms with E-state index in [2.05, 4.69) is 5.32 Å². The average Bonchev–Trinajstić information content (AvgIpc) is 2.57. The summed E-state index contributed by atoms with van der Waals surface area (Å²) in [5.74, 6) is -2.83. The van der Waals surface area contributed by atoms with Crippen LogP contribution in [-0.4, -0.2) is 68.8 Å². The van der Waals surface area contributed by atoms with E-state index in [1.54, 1.807) is 7.11 Å². The number of hydrogen-bond acceptors (Lipinski definition) is 6. The molecule has 0 heterocycles. The van der Waals surface area contributed by atoms with Gasteiger partial charge in [0.1, 0.15) is 12.4 Å². The monoisotopic (exact) mass is 377 g/mol. The van der Waals surface area contributed by atoms with E-state index in [0.29, 0.717) is 19.8 Å². The summed E-state index contributed by atoms with van der Waals surface area (Å²) in [5, 5.41) is 18.7. The molecule has 0 saturated heterocycles.